The Labute approximate surface area is 108 Å². The average Bonchev–Trinajstić information content (AvgIpc) is 2.87. The number of pyridine rings is 1. The Morgan fingerprint density at radius 3 is 2.89 bits per heavy atom. The number of benzene rings is 1. The highest BCUT2D eigenvalue weighted by molar-refractivity contribution is 5.36. The Kier molecular flexibility index (Phi) is 3.11. The van der Waals surface area contributed by atoms with Gasteiger partial charge in [-0.05, 0) is 54.0 Å². The van der Waals surface area contributed by atoms with Gasteiger partial charge in [0, 0.05) is 18.4 Å². The minimum absolute atomic E-state index is 0.0400. The van der Waals surface area contributed by atoms with E-state index in [-0.39, 0.29) is 6.04 Å². The molecule has 2 N–H and O–H groups in total. The summed E-state index contributed by atoms with van der Waals surface area (Å²) >= 11 is 0. The van der Waals surface area contributed by atoms with Crippen LogP contribution in [0.25, 0.3) is 0 Å². The Morgan fingerprint density at radius 1 is 1.17 bits per heavy atom. The van der Waals surface area contributed by atoms with Crippen LogP contribution in [0.15, 0.2) is 42.7 Å². The van der Waals surface area contributed by atoms with Gasteiger partial charge in [0.2, 0.25) is 0 Å². The van der Waals surface area contributed by atoms with E-state index in [4.69, 9.17) is 5.73 Å². The first-order chi connectivity index (χ1) is 8.83. The standard InChI is InChI=1S/C16H18N2/c17-16(15-5-2-8-18-11-15)10-12-6-7-13-3-1-4-14(13)9-12/h2,5-9,11,16H,1,3-4,10,17H2. The van der Waals surface area contributed by atoms with E-state index in [9.17, 15) is 0 Å². The smallest absolute Gasteiger partial charge is 0.0351 e. The van der Waals surface area contributed by atoms with Crippen molar-refractivity contribution in [3.63, 3.8) is 0 Å². The molecule has 2 aromatic rings. The molecule has 18 heavy (non-hydrogen) atoms. The van der Waals surface area contributed by atoms with Crippen molar-refractivity contribution in [2.45, 2.75) is 31.7 Å². The molecule has 0 saturated carbocycles. The van der Waals surface area contributed by atoms with Gasteiger partial charge in [-0.1, -0.05) is 24.3 Å². The molecule has 2 nitrogen and oxygen atoms in total. The molecule has 0 radical (unpaired) electrons. The molecule has 1 aliphatic rings. The first-order valence-corrected chi connectivity index (χ1v) is 6.59. The fourth-order valence-corrected chi connectivity index (χ4v) is 2.72. The predicted molar refractivity (Wildman–Crippen MR) is 73.3 cm³/mol. The maximum atomic E-state index is 6.23. The van der Waals surface area contributed by atoms with Gasteiger partial charge >= 0.3 is 0 Å². The van der Waals surface area contributed by atoms with Gasteiger partial charge in [-0.2, -0.15) is 0 Å². The minimum atomic E-state index is 0.0400. The number of aryl methyl sites for hydroxylation is 2. The number of hydrogen-bond donors (Lipinski definition) is 1. The van der Waals surface area contributed by atoms with Crippen LogP contribution in [0.4, 0.5) is 0 Å². The SMILES string of the molecule is NC(Cc1ccc2c(c1)CCC2)c1cccnc1. The minimum Gasteiger partial charge on any atom is -0.324 e. The zero-order chi connectivity index (χ0) is 12.4. The fraction of sp³-hybridized carbons (Fsp3) is 0.312. The van der Waals surface area contributed by atoms with Crippen LogP contribution in [-0.4, -0.2) is 4.98 Å². The lowest BCUT2D eigenvalue weighted by molar-refractivity contribution is 0.717. The van der Waals surface area contributed by atoms with Gasteiger partial charge in [0.05, 0.1) is 0 Å². The molecule has 0 bridgehead atoms. The van der Waals surface area contributed by atoms with Crippen LogP contribution in [0.1, 0.15) is 34.7 Å². The second-order valence-electron chi connectivity index (χ2n) is 5.05. The number of nitrogens with two attached hydrogens (primary N) is 1. The molecule has 92 valence electrons. The zero-order valence-corrected chi connectivity index (χ0v) is 10.5. The maximum Gasteiger partial charge on any atom is 0.0351 e. The van der Waals surface area contributed by atoms with Crippen LogP contribution in [0.3, 0.4) is 0 Å². The summed E-state index contributed by atoms with van der Waals surface area (Å²) in [5.74, 6) is 0. The summed E-state index contributed by atoms with van der Waals surface area (Å²) in [7, 11) is 0. The molecule has 1 aliphatic carbocycles. The van der Waals surface area contributed by atoms with Crippen molar-refractivity contribution in [2.75, 3.05) is 0 Å². The second kappa shape index (κ2) is 4.91. The number of nitrogens with zero attached hydrogens (tertiary/aromatic N) is 1. The number of aromatic nitrogens is 1. The largest absolute Gasteiger partial charge is 0.324 e. The van der Waals surface area contributed by atoms with Gasteiger partial charge in [0.1, 0.15) is 0 Å². The summed E-state index contributed by atoms with van der Waals surface area (Å²) in [5, 5.41) is 0. The van der Waals surface area contributed by atoms with E-state index in [1.165, 1.54) is 36.0 Å². The third-order valence-electron chi connectivity index (χ3n) is 3.73. The molecule has 0 fully saturated rings. The van der Waals surface area contributed by atoms with Gasteiger partial charge in [-0.3, -0.25) is 4.98 Å². The molecule has 1 atom stereocenters. The molecule has 0 spiro atoms. The van der Waals surface area contributed by atoms with E-state index >= 15 is 0 Å². The summed E-state index contributed by atoms with van der Waals surface area (Å²) in [6.45, 7) is 0. The number of rotatable bonds is 3. The van der Waals surface area contributed by atoms with Crippen molar-refractivity contribution < 1.29 is 0 Å². The lowest BCUT2D eigenvalue weighted by Crippen LogP contribution is -2.13. The molecular weight excluding hydrogens is 220 g/mol. The molecule has 1 aromatic carbocycles. The monoisotopic (exact) mass is 238 g/mol. The third kappa shape index (κ3) is 2.29. The van der Waals surface area contributed by atoms with E-state index in [0.717, 1.165) is 12.0 Å². The van der Waals surface area contributed by atoms with Gasteiger partial charge < -0.3 is 5.73 Å². The van der Waals surface area contributed by atoms with Crippen molar-refractivity contribution >= 4 is 0 Å². The fourth-order valence-electron chi connectivity index (χ4n) is 2.72. The van der Waals surface area contributed by atoms with Crippen molar-refractivity contribution in [3.05, 3.63) is 65.0 Å². The third-order valence-corrected chi connectivity index (χ3v) is 3.73. The van der Waals surface area contributed by atoms with E-state index < -0.39 is 0 Å². The highest BCUT2D eigenvalue weighted by Crippen LogP contribution is 2.24. The maximum absolute atomic E-state index is 6.23. The van der Waals surface area contributed by atoms with E-state index in [0.29, 0.717) is 0 Å². The van der Waals surface area contributed by atoms with Crippen LogP contribution in [0.2, 0.25) is 0 Å². The topological polar surface area (TPSA) is 38.9 Å². The quantitative estimate of drug-likeness (QED) is 0.893. The van der Waals surface area contributed by atoms with Crippen LogP contribution in [-0.2, 0) is 19.3 Å². The molecule has 1 unspecified atom stereocenters. The Bertz CT molecular complexity index is 534. The molecule has 1 aromatic heterocycles. The molecule has 1 heterocycles. The molecule has 3 rings (SSSR count). The van der Waals surface area contributed by atoms with Crippen molar-refractivity contribution in [1.29, 1.82) is 0 Å². The lowest BCUT2D eigenvalue weighted by Gasteiger charge is -2.12. The van der Waals surface area contributed by atoms with Crippen molar-refractivity contribution in [2.24, 2.45) is 5.73 Å². The van der Waals surface area contributed by atoms with Gasteiger partial charge in [-0.15, -0.1) is 0 Å². The first-order valence-electron chi connectivity index (χ1n) is 6.59. The van der Waals surface area contributed by atoms with Crippen molar-refractivity contribution in [3.8, 4) is 0 Å². The Morgan fingerprint density at radius 2 is 2.06 bits per heavy atom. The molecule has 0 amide bonds. The number of fused-ring (bicyclic) bond motifs is 1. The van der Waals surface area contributed by atoms with E-state index in [2.05, 4.69) is 23.2 Å². The highest BCUT2D eigenvalue weighted by Gasteiger charge is 2.12. The van der Waals surface area contributed by atoms with Crippen LogP contribution in [0.5, 0.6) is 0 Å². The summed E-state index contributed by atoms with van der Waals surface area (Å²) in [6.07, 6.45) is 8.30. The van der Waals surface area contributed by atoms with E-state index in [1.54, 1.807) is 6.20 Å². The number of hydrogen-bond acceptors (Lipinski definition) is 2. The van der Waals surface area contributed by atoms with Crippen LogP contribution < -0.4 is 5.73 Å². The lowest BCUT2D eigenvalue weighted by atomic mass is 9.98. The van der Waals surface area contributed by atoms with Crippen LogP contribution in [0, 0.1) is 0 Å². The highest BCUT2D eigenvalue weighted by atomic mass is 14.7. The Hall–Kier alpha value is -1.67. The molecule has 0 saturated heterocycles. The average molecular weight is 238 g/mol. The van der Waals surface area contributed by atoms with Crippen LogP contribution >= 0.6 is 0 Å². The molecular formula is C16H18N2. The first kappa shape index (κ1) is 11.4. The normalized spacial score (nSPS) is 15.4. The Balaban J connectivity index is 1.77. The summed E-state index contributed by atoms with van der Waals surface area (Å²) in [5.41, 5.74) is 11.7. The van der Waals surface area contributed by atoms with Gasteiger partial charge in [0.25, 0.3) is 0 Å². The van der Waals surface area contributed by atoms with Gasteiger partial charge in [-0.25, -0.2) is 0 Å². The summed E-state index contributed by atoms with van der Waals surface area (Å²) in [4.78, 5) is 4.13. The summed E-state index contributed by atoms with van der Waals surface area (Å²) in [6, 6.07) is 10.9. The van der Waals surface area contributed by atoms with Gasteiger partial charge in [0.15, 0.2) is 0 Å². The zero-order valence-electron chi connectivity index (χ0n) is 10.5. The summed E-state index contributed by atoms with van der Waals surface area (Å²) < 4.78 is 0. The molecule has 2 heteroatoms. The van der Waals surface area contributed by atoms with Crippen molar-refractivity contribution in [1.82, 2.24) is 4.98 Å². The van der Waals surface area contributed by atoms with E-state index in [1.807, 2.05) is 18.3 Å². The molecule has 0 aliphatic heterocycles. The second-order valence-corrected chi connectivity index (χ2v) is 5.05. The predicted octanol–water partition coefficient (Wildman–Crippen LogP) is 2.81.